The molecule has 1 aromatic rings. The third kappa shape index (κ3) is 5.36. The van der Waals surface area contributed by atoms with Gasteiger partial charge in [0.1, 0.15) is 5.75 Å². The monoisotopic (exact) mass is 346 g/mol. The summed E-state index contributed by atoms with van der Waals surface area (Å²) in [4.78, 5) is 14.1. The Kier molecular flexibility index (Phi) is 6.56. The molecule has 2 amide bonds. The van der Waals surface area contributed by atoms with Crippen molar-refractivity contribution in [2.75, 3.05) is 19.7 Å². The van der Waals surface area contributed by atoms with Gasteiger partial charge in [-0.05, 0) is 62.1 Å². The van der Waals surface area contributed by atoms with E-state index in [1.807, 2.05) is 29.2 Å². The zero-order chi connectivity index (χ0) is 17.5. The van der Waals surface area contributed by atoms with Crippen LogP contribution >= 0.6 is 0 Å². The smallest absolute Gasteiger partial charge is 0.317 e. The fraction of sp³-hybridized carbons (Fsp3) is 0.650. The van der Waals surface area contributed by atoms with Crippen molar-refractivity contribution < 1.29 is 14.6 Å². The molecular weight excluding hydrogens is 316 g/mol. The molecule has 2 aliphatic rings. The van der Waals surface area contributed by atoms with Crippen LogP contribution in [0.5, 0.6) is 5.75 Å². The molecular formula is C20H30N2O3. The second-order valence-corrected chi connectivity index (χ2v) is 7.30. The van der Waals surface area contributed by atoms with E-state index in [1.165, 1.54) is 19.3 Å². The number of amides is 2. The van der Waals surface area contributed by atoms with E-state index in [2.05, 4.69) is 5.32 Å². The molecule has 1 atom stereocenters. The second kappa shape index (κ2) is 9.09. The fourth-order valence-corrected chi connectivity index (χ4v) is 3.83. The summed E-state index contributed by atoms with van der Waals surface area (Å²) in [6, 6.07) is 8.03. The Bertz CT molecular complexity index is 558. The third-order valence-corrected chi connectivity index (χ3v) is 5.31. The molecule has 138 valence electrons. The minimum atomic E-state index is -0.0148. The maximum atomic E-state index is 12.3. The van der Waals surface area contributed by atoms with Crippen LogP contribution in [0.3, 0.4) is 0 Å². The molecule has 5 nitrogen and oxygen atoms in total. The standard InChI is InChI=1S/C20H30N2O3/c23-12-10-16-9-11-22(15-16)20(24)21-14-17-5-4-8-19(13-17)25-18-6-2-1-3-7-18/h4-5,8,13,16,18,23H,1-3,6-7,9-12,14-15H2,(H,21,24). The van der Waals surface area contributed by atoms with Crippen LogP contribution < -0.4 is 10.1 Å². The molecule has 5 heteroatoms. The molecule has 1 unspecified atom stereocenters. The number of nitrogens with one attached hydrogen (secondary N) is 1. The molecule has 2 fully saturated rings. The molecule has 2 N–H and O–H groups in total. The minimum absolute atomic E-state index is 0.0148. The summed E-state index contributed by atoms with van der Waals surface area (Å²) in [6.45, 7) is 2.24. The van der Waals surface area contributed by atoms with E-state index in [0.717, 1.165) is 50.1 Å². The van der Waals surface area contributed by atoms with Crippen LogP contribution in [-0.2, 0) is 6.54 Å². The van der Waals surface area contributed by atoms with Crippen molar-refractivity contribution in [1.82, 2.24) is 10.2 Å². The van der Waals surface area contributed by atoms with Crippen molar-refractivity contribution in [2.45, 2.75) is 57.6 Å². The van der Waals surface area contributed by atoms with Crippen molar-refractivity contribution in [2.24, 2.45) is 5.92 Å². The molecule has 1 aromatic carbocycles. The lowest BCUT2D eigenvalue weighted by molar-refractivity contribution is 0.155. The Hall–Kier alpha value is -1.75. The molecule has 0 radical (unpaired) electrons. The lowest BCUT2D eigenvalue weighted by atomic mass is 9.98. The van der Waals surface area contributed by atoms with Crippen LogP contribution in [0, 0.1) is 5.92 Å². The van der Waals surface area contributed by atoms with Gasteiger partial charge >= 0.3 is 6.03 Å². The zero-order valence-electron chi connectivity index (χ0n) is 15.0. The number of carbonyl (C=O) groups excluding carboxylic acids is 1. The highest BCUT2D eigenvalue weighted by atomic mass is 16.5. The molecule has 3 rings (SSSR count). The van der Waals surface area contributed by atoms with E-state index in [-0.39, 0.29) is 12.6 Å². The van der Waals surface area contributed by atoms with E-state index in [4.69, 9.17) is 9.84 Å². The normalized spacial score (nSPS) is 21.3. The highest BCUT2D eigenvalue weighted by Gasteiger charge is 2.25. The highest BCUT2D eigenvalue weighted by Crippen LogP contribution is 2.24. The highest BCUT2D eigenvalue weighted by molar-refractivity contribution is 5.74. The summed E-state index contributed by atoms with van der Waals surface area (Å²) in [5.41, 5.74) is 1.06. The van der Waals surface area contributed by atoms with Crippen molar-refractivity contribution in [1.29, 1.82) is 0 Å². The van der Waals surface area contributed by atoms with Crippen LogP contribution in [0.4, 0.5) is 4.79 Å². The summed E-state index contributed by atoms with van der Waals surface area (Å²) in [7, 11) is 0. The van der Waals surface area contributed by atoms with Gasteiger partial charge in [-0.25, -0.2) is 4.79 Å². The molecule has 25 heavy (non-hydrogen) atoms. The Balaban J connectivity index is 1.46. The van der Waals surface area contributed by atoms with E-state index in [0.29, 0.717) is 18.6 Å². The summed E-state index contributed by atoms with van der Waals surface area (Å²) in [6.07, 6.45) is 8.23. The number of rotatable bonds is 6. The average molecular weight is 346 g/mol. The second-order valence-electron chi connectivity index (χ2n) is 7.30. The Morgan fingerprint density at radius 2 is 2.08 bits per heavy atom. The van der Waals surface area contributed by atoms with Gasteiger partial charge in [0.05, 0.1) is 6.10 Å². The average Bonchev–Trinajstić information content (AvgIpc) is 3.10. The van der Waals surface area contributed by atoms with Crippen molar-refractivity contribution in [3.8, 4) is 5.75 Å². The van der Waals surface area contributed by atoms with Gasteiger partial charge in [-0.1, -0.05) is 18.6 Å². The van der Waals surface area contributed by atoms with Gasteiger partial charge in [0, 0.05) is 26.2 Å². The number of hydrogen-bond acceptors (Lipinski definition) is 3. The Morgan fingerprint density at radius 1 is 1.24 bits per heavy atom. The van der Waals surface area contributed by atoms with Crippen LogP contribution in [0.15, 0.2) is 24.3 Å². The molecule has 1 heterocycles. The predicted molar refractivity (Wildman–Crippen MR) is 97.6 cm³/mol. The topological polar surface area (TPSA) is 61.8 Å². The number of ether oxygens (including phenoxy) is 1. The maximum absolute atomic E-state index is 12.3. The van der Waals surface area contributed by atoms with Crippen LogP contribution in [0.1, 0.15) is 50.5 Å². The van der Waals surface area contributed by atoms with E-state index in [9.17, 15) is 4.79 Å². The van der Waals surface area contributed by atoms with Crippen LogP contribution in [0.2, 0.25) is 0 Å². The summed E-state index contributed by atoms with van der Waals surface area (Å²) >= 11 is 0. The summed E-state index contributed by atoms with van der Waals surface area (Å²) < 4.78 is 6.10. The largest absolute Gasteiger partial charge is 0.490 e. The van der Waals surface area contributed by atoms with Gasteiger partial charge in [0.25, 0.3) is 0 Å². The first-order valence-electron chi connectivity index (χ1n) is 9.64. The van der Waals surface area contributed by atoms with Gasteiger partial charge in [-0.15, -0.1) is 0 Å². The van der Waals surface area contributed by atoms with Crippen molar-refractivity contribution in [3.63, 3.8) is 0 Å². The zero-order valence-corrected chi connectivity index (χ0v) is 15.0. The first-order valence-corrected chi connectivity index (χ1v) is 9.64. The first kappa shape index (κ1) is 18.1. The van der Waals surface area contributed by atoms with Crippen LogP contribution in [0.25, 0.3) is 0 Å². The molecule has 1 aliphatic heterocycles. The molecule has 0 spiro atoms. The molecule has 0 bridgehead atoms. The predicted octanol–water partition coefficient (Wildman–Crippen LogP) is 3.31. The number of hydrogen-bond donors (Lipinski definition) is 2. The van der Waals surface area contributed by atoms with Crippen LogP contribution in [-0.4, -0.2) is 41.8 Å². The van der Waals surface area contributed by atoms with Gasteiger partial charge in [-0.3, -0.25) is 0 Å². The lowest BCUT2D eigenvalue weighted by Gasteiger charge is -2.23. The molecule has 0 aromatic heterocycles. The number of aliphatic hydroxyl groups excluding tert-OH is 1. The summed E-state index contributed by atoms with van der Waals surface area (Å²) in [5, 5.41) is 12.0. The van der Waals surface area contributed by atoms with Crippen molar-refractivity contribution >= 4 is 6.03 Å². The molecule has 1 saturated heterocycles. The molecule has 1 saturated carbocycles. The number of aliphatic hydroxyl groups is 1. The number of likely N-dealkylation sites (tertiary alicyclic amines) is 1. The Labute approximate surface area is 150 Å². The summed E-state index contributed by atoms with van der Waals surface area (Å²) in [5.74, 6) is 1.34. The fourth-order valence-electron chi connectivity index (χ4n) is 3.83. The van der Waals surface area contributed by atoms with Gasteiger partial charge < -0.3 is 20.1 Å². The number of urea groups is 1. The van der Waals surface area contributed by atoms with Crippen molar-refractivity contribution in [3.05, 3.63) is 29.8 Å². The SMILES string of the molecule is O=C(NCc1cccc(OC2CCCCC2)c1)N1CCC(CCO)C1. The lowest BCUT2D eigenvalue weighted by Crippen LogP contribution is -2.38. The van der Waals surface area contributed by atoms with Gasteiger partial charge in [0.2, 0.25) is 0 Å². The number of carbonyl (C=O) groups is 1. The minimum Gasteiger partial charge on any atom is -0.490 e. The van der Waals surface area contributed by atoms with Gasteiger partial charge in [-0.2, -0.15) is 0 Å². The third-order valence-electron chi connectivity index (χ3n) is 5.31. The van der Waals surface area contributed by atoms with E-state index >= 15 is 0 Å². The Morgan fingerprint density at radius 3 is 2.88 bits per heavy atom. The first-order chi connectivity index (χ1) is 12.2. The van der Waals surface area contributed by atoms with E-state index < -0.39 is 0 Å². The number of benzene rings is 1. The maximum Gasteiger partial charge on any atom is 0.317 e. The number of nitrogens with zero attached hydrogens (tertiary/aromatic N) is 1. The van der Waals surface area contributed by atoms with E-state index in [1.54, 1.807) is 0 Å². The van der Waals surface area contributed by atoms with Gasteiger partial charge in [0.15, 0.2) is 0 Å². The quantitative estimate of drug-likeness (QED) is 0.831. The molecule has 1 aliphatic carbocycles.